The molecule has 0 aromatic heterocycles. The van der Waals surface area contributed by atoms with Crippen molar-refractivity contribution in [1.29, 1.82) is 0 Å². The number of allylic oxidation sites excluding steroid dienone is 3. The van der Waals surface area contributed by atoms with Gasteiger partial charge in [-0.25, -0.2) is 0 Å². The van der Waals surface area contributed by atoms with E-state index in [1.165, 1.54) is 6.20 Å². The Labute approximate surface area is 56.1 Å². The maximum atomic E-state index is 3.80. The van der Waals surface area contributed by atoms with E-state index in [4.69, 9.17) is 0 Å². The van der Waals surface area contributed by atoms with Gasteiger partial charge in [-0.1, -0.05) is 31.4 Å². The second-order valence-electron chi connectivity index (χ2n) is 1.41. The van der Waals surface area contributed by atoms with Crippen molar-refractivity contribution in [3.05, 3.63) is 37.6 Å². The molecule has 0 bridgehead atoms. The van der Waals surface area contributed by atoms with Gasteiger partial charge in [0.25, 0.3) is 0 Å². The van der Waals surface area contributed by atoms with Crippen LogP contribution in [0.15, 0.2) is 42.6 Å². The van der Waals surface area contributed by atoms with Gasteiger partial charge < -0.3 is 0 Å². The molecule has 0 aliphatic carbocycles. The van der Waals surface area contributed by atoms with E-state index in [1.807, 2.05) is 12.2 Å². The molecule has 0 aliphatic rings. The van der Waals surface area contributed by atoms with E-state index in [-0.39, 0.29) is 0 Å². The van der Waals surface area contributed by atoms with Crippen LogP contribution in [0.5, 0.6) is 0 Å². The second-order valence-corrected chi connectivity index (χ2v) is 1.41. The Morgan fingerprint density at radius 1 is 1.33 bits per heavy atom. The van der Waals surface area contributed by atoms with Gasteiger partial charge in [0.05, 0.1) is 0 Å². The van der Waals surface area contributed by atoms with Crippen LogP contribution in [0.3, 0.4) is 0 Å². The molecule has 0 aliphatic heterocycles. The standard InChI is InChI=1S/C8H11N/c1-3-5-6-7-8-9-4-2/h3-6,8H,1-2,7H2/b6-5-,9-8?. The maximum absolute atomic E-state index is 3.80. The highest BCUT2D eigenvalue weighted by atomic mass is 14.6. The van der Waals surface area contributed by atoms with Gasteiger partial charge in [0, 0.05) is 18.8 Å². The number of nitrogens with zero attached hydrogens (tertiary/aromatic N) is 1. The zero-order valence-corrected chi connectivity index (χ0v) is 5.46. The van der Waals surface area contributed by atoms with Crippen molar-refractivity contribution in [1.82, 2.24) is 0 Å². The van der Waals surface area contributed by atoms with Crippen molar-refractivity contribution in [3.8, 4) is 0 Å². The van der Waals surface area contributed by atoms with Gasteiger partial charge in [0.2, 0.25) is 0 Å². The molecule has 0 amide bonds. The third-order valence-electron chi connectivity index (χ3n) is 0.724. The van der Waals surface area contributed by atoms with Crippen LogP contribution < -0.4 is 0 Å². The van der Waals surface area contributed by atoms with Gasteiger partial charge in [-0.2, -0.15) is 0 Å². The highest BCUT2D eigenvalue weighted by Crippen LogP contribution is 1.79. The summed E-state index contributed by atoms with van der Waals surface area (Å²) in [7, 11) is 0. The third kappa shape index (κ3) is 6.89. The van der Waals surface area contributed by atoms with Crippen molar-refractivity contribution in [2.24, 2.45) is 4.99 Å². The molecule has 0 aromatic rings. The molecule has 9 heavy (non-hydrogen) atoms. The number of aliphatic imine (C=N–C) groups is 1. The van der Waals surface area contributed by atoms with E-state index >= 15 is 0 Å². The molecule has 0 aromatic carbocycles. The predicted molar refractivity (Wildman–Crippen MR) is 42.6 cm³/mol. The smallest absolute Gasteiger partial charge is 0.0192 e. The minimum absolute atomic E-state index is 0.845. The Hall–Kier alpha value is -1.11. The van der Waals surface area contributed by atoms with Crippen LogP contribution in [0.25, 0.3) is 0 Å². The molecule has 0 N–H and O–H groups in total. The summed E-state index contributed by atoms with van der Waals surface area (Å²) in [5, 5.41) is 0. The molecular formula is C8H11N. The quantitative estimate of drug-likeness (QED) is 0.400. The molecule has 0 saturated heterocycles. The zero-order chi connectivity index (χ0) is 6.95. The lowest BCUT2D eigenvalue weighted by Crippen LogP contribution is -1.65. The number of hydrogen-bond donors (Lipinski definition) is 0. The van der Waals surface area contributed by atoms with E-state index in [0.29, 0.717) is 0 Å². The Morgan fingerprint density at radius 2 is 2.11 bits per heavy atom. The molecule has 48 valence electrons. The normalized spacial score (nSPS) is 10.7. The molecule has 0 atom stereocenters. The fourth-order valence-electron chi connectivity index (χ4n) is 0.371. The van der Waals surface area contributed by atoms with Crippen molar-refractivity contribution >= 4 is 6.21 Å². The van der Waals surface area contributed by atoms with Crippen molar-refractivity contribution in [2.75, 3.05) is 0 Å². The first-order valence-electron chi connectivity index (χ1n) is 2.82. The first-order chi connectivity index (χ1) is 4.41. The Kier molecular flexibility index (Phi) is 6.04. The van der Waals surface area contributed by atoms with Crippen LogP contribution >= 0.6 is 0 Å². The van der Waals surface area contributed by atoms with Crippen LogP contribution in [-0.2, 0) is 0 Å². The summed E-state index contributed by atoms with van der Waals surface area (Å²) in [6.45, 7) is 6.96. The molecule has 0 heterocycles. The first-order valence-corrected chi connectivity index (χ1v) is 2.82. The molecule has 0 spiro atoms. The second kappa shape index (κ2) is 6.89. The molecule has 0 rings (SSSR count). The summed E-state index contributed by atoms with van der Waals surface area (Å²) < 4.78 is 0. The van der Waals surface area contributed by atoms with Crippen molar-refractivity contribution < 1.29 is 0 Å². The van der Waals surface area contributed by atoms with Gasteiger partial charge in [-0.15, -0.1) is 0 Å². The van der Waals surface area contributed by atoms with Gasteiger partial charge in [0.1, 0.15) is 0 Å². The van der Waals surface area contributed by atoms with E-state index < -0.39 is 0 Å². The summed E-state index contributed by atoms with van der Waals surface area (Å²) in [5.74, 6) is 0. The Balaban J connectivity index is 3.27. The molecule has 0 radical (unpaired) electrons. The summed E-state index contributed by atoms with van der Waals surface area (Å²) in [5.41, 5.74) is 0. The molecule has 0 fully saturated rings. The highest BCUT2D eigenvalue weighted by molar-refractivity contribution is 5.60. The van der Waals surface area contributed by atoms with Crippen molar-refractivity contribution in [2.45, 2.75) is 6.42 Å². The first kappa shape index (κ1) is 7.89. The minimum Gasteiger partial charge on any atom is -0.269 e. The lowest BCUT2D eigenvalue weighted by molar-refractivity contribution is 1.48. The maximum Gasteiger partial charge on any atom is 0.0192 e. The van der Waals surface area contributed by atoms with E-state index in [9.17, 15) is 0 Å². The lowest BCUT2D eigenvalue weighted by atomic mass is 10.4. The van der Waals surface area contributed by atoms with Crippen LogP contribution in [0.2, 0.25) is 0 Å². The Bertz CT molecular complexity index is 116. The Morgan fingerprint density at radius 3 is 2.67 bits per heavy atom. The third-order valence-corrected chi connectivity index (χ3v) is 0.724. The van der Waals surface area contributed by atoms with E-state index in [2.05, 4.69) is 18.2 Å². The zero-order valence-electron chi connectivity index (χ0n) is 5.46. The molecule has 0 unspecified atom stereocenters. The van der Waals surface area contributed by atoms with Crippen LogP contribution in [-0.4, -0.2) is 6.21 Å². The number of hydrogen-bond acceptors (Lipinski definition) is 1. The minimum atomic E-state index is 0.845. The molecule has 0 saturated carbocycles. The van der Waals surface area contributed by atoms with E-state index in [1.54, 1.807) is 12.3 Å². The molecule has 1 nitrogen and oxygen atoms in total. The van der Waals surface area contributed by atoms with Gasteiger partial charge >= 0.3 is 0 Å². The monoisotopic (exact) mass is 121 g/mol. The molecular weight excluding hydrogens is 110 g/mol. The average molecular weight is 121 g/mol. The predicted octanol–water partition coefficient (Wildman–Crippen LogP) is 2.33. The molecule has 1 heteroatoms. The average Bonchev–Trinajstić information content (AvgIpc) is 1.89. The summed E-state index contributed by atoms with van der Waals surface area (Å²) in [4.78, 5) is 3.80. The SMILES string of the molecule is C=C/C=C\CC=NC=C. The highest BCUT2D eigenvalue weighted by Gasteiger charge is 1.65. The summed E-state index contributed by atoms with van der Waals surface area (Å²) >= 11 is 0. The lowest BCUT2D eigenvalue weighted by Gasteiger charge is -1.75. The van der Waals surface area contributed by atoms with Crippen molar-refractivity contribution in [3.63, 3.8) is 0 Å². The van der Waals surface area contributed by atoms with Crippen LogP contribution in [0.1, 0.15) is 6.42 Å². The van der Waals surface area contributed by atoms with Gasteiger partial charge in [0.15, 0.2) is 0 Å². The fraction of sp³-hybridized carbons (Fsp3) is 0.125. The van der Waals surface area contributed by atoms with E-state index in [0.717, 1.165) is 6.42 Å². The van der Waals surface area contributed by atoms with Crippen LogP contribution in [0, 0.1) is 0 Å². The fourth-order valence-corrected chi connectivity index (χ4v) is 0.371. The summed E-state index contributed by atoms with van der Waals surface area (Å²) in [6.07, 6.45) is 9.74. The largest absolute Gasteiger partial charge is 0.269 e. The van der Waals surface area contributed by atoms with Gasteiger partial charge in [-0.3, -0.25) is 4.99 Å². The van der Waals surface area contributed by atoms with Crippen LogP contribution in [0.4, 0.5) is 0 Å². The number of rotatable bonds is 4. The topological polar surface area (TPSA) is 12.4 Å². The van der Waals surface area contributed by atoms with Gasteiger partial charge in [-0.05, 0) is 0 Å². The summed E-state index contributed by atoms with van der Waals surface area (Å²) in [6, 6.07) is 0.